The van der Waals surface area contributed by atoms with Crippen molar-refractivity contribution >= 4 is 26.0 Å². The van der Waals surface area contributed by atoms with Gasteiger partial charge in [0.15, 0.2) is 0 Å². The predicted octanol–water partition coefficient (Wildman–Crippen LogP) is 3.30. The Balaban J connectivity index is 2.22. The number of benzene rings is 1. The molecular weight excluding hydrogens is 342 g/mol. The monoisotopic (exact) mass is 357 g/mol. The van der Waals surface area contributed by atoms with Crippen molar-refractivity contribution in [3.8, 4) is 0 Å². The fourth-order valence-electron chi connectivity index (χ4n) is 1.83. The highest BCUT2D eigenvalue weighted by Crippen LogP contribution is 2.19. The fraction of sp³-hybridized carbons (Fsp3) is 0.286. The first-order valence-corrected chi connectivity index (χ1v) is 8.65. The number of furan rings is 1. The zero-order valence-corrected chi connectivity index (χ0v) is 13.7. The molecular formula is C14H16BrNO3S. The van der Waals surface area contributed by atoms with Gasteiger partial charge in [0.25, 0.3) is 0 Å². The van der Waals surface area contributed by atoms with Crippen molar-refractivity contribution in [3.05, 3.63) is 53.5 Å². The lowest BCUT2D eigenvalue weighted by atomic mass is 10.2. The number of nitrogens with zero attached hydrogens (tertiary/aromatic N) is 1. The van der Waals surface area contributed by atoms with Crippen LogP contribution in [0.2, 0.25) is 0 Å². The van der Waals surface area contributed by atoms with Gasteiger partial charge in [0.2, 0.25) is 10.0 Å². The summed E-state index contributed by atoms with van der Waals surface area (Å²) in [5.74, 6) is 0.738. The quantitative estimate of drug-likeness (QED) is 0.771. The maximum Gasteiger partial charge on any atom is 0.243 e. The van der Waals surface area contributed by atoms with E-state index in [0.717, 1.165) is 16.9 Å². The average molecular weight is 358 g/mol. The second-order valence-corrected chi connectivity index (χ2v) is 7.15. The van der Waals surface area contributed by atoms with Gasteiger partial charge in [0, 0.05) is 24.5 Å². The Hall–Kier alpha value is -1.11. The molecule has 0 saturated carbocycles. The molecule has 0 aliphatic carbocycles. The minimum atomic E-state index is -3.48. The minimum absolute atomic E-state index is 0.296. The van der Waals surface area contributed by atoms with Crippen molar-refractivity contribution < 1.29 is 12.8 Å². The number of halogens is 1. The van der Waals surface area contributed by atoms with Crippen molar-refractivity contribution in [2.75, 3.05) is 7.05 Å². The number of aryl methyl sites for hydroxylation is 1. The van der Waals surface area contributed by atoms with E-state index in [1.54, 1.807) is 43.6 Å². The number of sulfonamides is 1. The van der Waals surface area contributed by atoms with Crippen molar-refractivity contribution in [1.82, 2.24) is 4.31 Å². The molecule has 1 aromatic carbocycles. The Morgan fingerprint density at radius 1 is 1.20 bits per heavy atom. The van der Waals surface area contributed by atoms with E-state index in [4.69, 9.17) is 4.42 Å². The summed E-state index contributed by atoms with van der Waals surface area (Å²) in [6.45, 7) is 2.12. The highest BCUT2D eigenvalue weighted by Gasteiger charge is 2.21. The van der Waals surface area contributed by atoms with Gasteiger partial charge in [0.05, 0.1) is 11.2 Å². The van der Waals surface area contributed by atoms with Crippen molar-refractivity contribution in [3.63, 3.8) is 0 Å². The van der Waals surface area contributed by atoms with Crippen LogP contribution in [0.15, 0.2) is 45.9 Å². The summed E-state index contributed by atoms with van der Waals surface area (Å²) in [4.78, 5) is 0.297. The molecule has 0 spiro atoms. The van der Waals surface area contributed by atoms with E-state index < -0.39 is 10.0 Å². The van der Waals surface area contributed by atoms with Crippen LogP contribution in [0.1, 0.15) is 16.9 Å². The maximum absolute atomic E-state index is 12.5. The first-order valence-electron chi connectivity index (χ1n) is 6.09. The number of hydrogen-bond donors (Lipinski definition) is 0. The van der Waals surface area contributed by atoms with Crippen LogP contribution in [0, 0.1) is 6.92 Å². The van der Waals surface area contributed by atoms with Crippen LogP contribution < -0.4 is 0 Å². The second kappa shape index (κ2) is 6.11. The third kappa shape index (κ3) is 3.13. The van der Waals surface area contributed by atoms with E-state index in [9.17, 15) is 8.42 Å². The normalized spacial score (nSPS) is 12.0. The molecule has 1 heterocycles. The molecule has 0 aliphatic heterocycles. The molecule has 2 aromatic rings. The Labute approximate surface area is 127 Å². The van der Waals surface area contributed by atoms with Gasteiger partial charge >= 0.3 is 0 Å². The average Bonchev–Trinajstić information content (AvgIpc) is 2.84. The molecule has 4 nitrogen and oxygen atoms in total. The summed E-state index contributed by atoms with van der Waals surface area (Å²) in [5.41, 5.74) is 1.91. The molecule has 0 bridgehead atoms. The first-order chi connectivity index (χ1) is 9.45. The van der Waals surface area contributed by atoms with Crippen LogP contribution in [0.3, 0.4) is 0 Å². The highest BCUT2D eigenvalue weighted by molar-refractivity contribution is 9.08. The number of rotatable bonds is 5. The Morgan fingerprint density at radius 3 is 2.35 bits per heavy atom. The van der Waals surface area contributed by atoms with Crippen LogP contribution in [0.4, 0.5) is 0 Å². The summed E-state index contributed by atoms with van der Waals surface area (Å²) < 4.78 is 31.4. The van der Waals surface area contributed by atoms with E-state index in [-0.39, 0.29) is 0 Å². The summed E-state index contributed by atoms with van der Waals surface area (Å²) in [7, 11) is -1.91. The molecule has 0 N–H and O–H groups in total. The topological polar surface area (TPSA) is 50.5 Å². The molecule has 0 amide bonds. The van der Waals surface area contributed by atoms with Crippen molar-refractivity contribution in [2.45, 2.75) is 23.7 Å². The van der Waals surface area contributed by atoms with Gasteiger partial charge < -0.3 is 4.42 Å². The lowest BCUT2D eigenvalue weighted by Gasteiger charge is -2.17. The third-order valence-corrected chi connectivity index (χ3v) is 5.61. The van der Waals surface area contributed by atoms with E-state index in [1.165, 1.54) is 4.31 Å². The Kier molecular flexibility index (Phi) is 4.67. The van der Waals surface area contributed by atoms with Crippen LogP contribution >= 0.6 is 15.9 Å². The van der Waals surface area contributed by atoms with E-state index in [1.807, 2.05) is 6.92 Å². The standard InChI is InChI=1S/C14H16BrNO3S/c1-11-13(7-8-19-11)10-16(2)20(17,18)14-5-3-12(9-15)4-6-14/h3-8H,9-10H2,1-2H3. The maximum atomic E-state index is 12.5. The lowest BCUT2D eigenvalue weighted by Crippen LogP contribution is -2.26. The molecule has 0 saturated heterocycles. The van der Waals surface area contributed by atoms with Gasteiger partial charge in [-0.3, -0.25) is 0 Å². The Morgan fingerprint density at radius 2 is 1.85 bits per heavy atom. The molecule has 0 atom stereocenters. The predicted molar refractivity (Wildman–Crippen MR) is 81.2 cm³/mol. The van der Waals surface area contributed by atoms with Crippen LogP contribution in [0.5, 0.6) is 0 Å². The van der Waals surface area contributed by atoms with Gasteiger partial charge in [-0.2, -0.15) is 4.31 Å². The van der Waals surface area contributed by atoms with Crippen molar-refractivity contribution in [1.29, 1.82) is 0 Å². The van der Waals surface area contributed by atoms with Crippen molar-refractivity contribution in [2.24, 2.45) is 0 Å². The summed E-state index contributed by atoms with van der Waals surface area (Å²) >= 11 is 3.34. The second-order valence-electron chi connectivity index (χ2n) is 4.54. The van der Waals surface area contributed by atoms with E-state index in [2.05, 4.69) is 15.9 Å². The third-order valence-electron chi connectivity index (χ3n) is 3.15. The highest BCUT2D eigenvalue weighted by atomic mass is 79.9. The molecule has 0 radical (unpaired) electrons. The molecule has 0 aliphatic rings. The molecule has 0 fully saturated rings. The smallest absolute Gasteiger partial charge is 0.243 e. The van der Waals surface area contributed by atoms with Crippen LogP contribution in [-0.4, -0.2) is 19.8 Å². The summed E-state index contributed by atoms with van der Waals surface area (Å²) in [5, 5.41) is 0.706. The largest absolute Gasteiger partial charge is 0.469 e. The molecule has 108 valence electrons. The molecule has 6 heteroatoms. The molecule has 2 rings (SSSR count). The fourth-order valence-corrected chi connectivity index (χ4v) is 3.35. The zero-order valence-electron chi connectivity index (χ0n) is 11.3. The molecule has 20 heavy (non-hydrogen) atoms. The van der Waals surface area contributed by atoms with E-state index in [0.29, 0.717) is 16.8 Å². The van der Waals surface area contributed by atoms with Crippen LogP contribution in [0.25, 0.3) is 0 Å². The summed E-state index contributed by atoms with van der Waals surface area (Å²) in [6, 6.07) is 8.65. The zero-order chi connectivity index (χ0) is 14.8. The van der Waals surface area contributed by atoms with Crippen LogP contribution in [-0.2, 0) is 21.9 Å². The van der Waals surface area contributed by atoms with E-state index >= 15 is 0 Å². The minimum Gasteiger partial charge on any atom is -0.469 e. The lowest BCUT2D eigenvalue weighted by molar-refractivity contribution is 0.459. The van der Waals surface area contributed by atoms with Gasteiger partial charge in [-0.25, -0.2) is 8.42 Å². The van der Waals surface area contributed by atoms with Gasteiger partial charge in [-0.05, 0) is 30.7 Å². The first kappa shape index (κ1) is 15.3. The van der Waals surface area contributed by atoms with Gasteiger partial charge in [-0.1, -0.05) is 28.1 Å². The van der Waals surface area contributed by atoms with Gasteiger partial charge in [-0.15, -0.1) is 0 Å². The SMILES string of the molecule is Cc1occc1CN(C)S(=O)(=O)c1ccc(CBr)cc1. The van der Waals surface area contributed by atoms with Gasteiger partial charge in [0.1, 0.15) is 5.76 Å². The molecule has 1 aromatic heterocycles. The summed E-state index contributed by atoms with van der Waals surface area (Å²) in [6.07, 6.45) is 1.57. The number of hydrogen-bond acceptors (Lipinski definition) is 3. The molecule has 0 unspecified atom stereocenters. The number of alkyl halides is 1. The Bertz CT molecular complexity index is 677.